The molecule has 3 amide bonds. The Morgan fingerprint density at radius 2 is 1.39 bits per heavy atom. The van der Waals surface area contributed by atoms with Crippen LogP contribution in [0.15, 0.2) is 0 Å². The number of nitrogens with one attached hydrogen (secondary N) is 5. The number of carboxylic acid groups (broad SMARTS) is 2. The second kappa shape index (κ2) is 14.6. The lowest BCUT2D eigenvalue weighted by molar-refractivity contribution is -0.143. The lowest BCUT2D eigenvalue weighted by atomic mass is 10.0. The smallest absolute Gasteiger partial charge is 0.326 e. The zero-order valence-corrected chi connectivity index (χ0v) is 19.0. The van der Waals surface area contributed by atoms with Gasteiger partial charge in [0.1, 0.15) is 18.1 Å². The second-order valence-corrected chi connectivity index (χ2v) is 8.02. The molecule has 0 aliphatic heterocycles. The third-order valence-corrected chi connectivity index (χ3v) is 4.36. The van der Waals surface area contributed by atoms with Gasteiger partial charge in [-0.25, -0.2) is 4.79 Å². The summed E-state index contributed by atoms with van der Waals surface area (Å²) >= 11 is 0. The monoisotopic (exact) mass is 473 g/mol. The van der Waals surface area contributed by atoms with Gasteiger partial charge in [0, 0.05) is 6.54 Å². The third-order valence-electron chi connectivity index (χ3n) is 4.36. The van der Waals surface area contributed by atoms with Crippen molar-refractivity contribution in [3.63, 3.8) is 0 Å². The van der Waals surface area contributed by atoms with Gasteiger partial charge in [-0.05, 0) is 32.1 Å². The Balaban J connectivity index is 5.35. The Kier molecular flexibility index (Phi) is 13.1. The standard InChI is InChI=1S/C19H35N7O7/c1-9(2)7-12(25-15(29)10(3)20)16(30)26-13(8-14(27)28)17(31)24-11(18(32)33)5-4-6-23-19(21)22/h9-13H,4-8,20H2,1-3H3,(H,24,31)(H,25,29)(H,26,30)(H,27,28)(H,32,33)(H4,21,22,23)/t10-,11-,12-,13-/m0/s1. The van der Waals surface area contributed by atoms with E-state index in [0.717, 1.165) is 0 Å². The zero-order chi connectivity index (χ0) is 25.7. The van der Waals surface area contributed by atoms with Gasteiger partial charge >= 0.3 is 11.9 Å². The molecule has 0 fully saturated rings. The summed E-state index contributed by atoms with van der Waals surface area (Å²) < 4.78 is 0. The summed E-state index contributed by atoms with van der Waals surface area (Å²) in [7, 11) is 0. The van der Waals surface area contributed by atoms with Crippen molar-refractivity contribution in [1.29, 1.82) is 5.41 Å². The Bertz CT molecular complexity index is 727. The van der Waals surface area contributed by atoms with E-state index in [0.29, 0.717) is 0 Å². The van der Waals surface area contributed by atoms with Crippen LogP contribution in [0.1, 0.15) is 46.5 Å². The van der Waals surface area contributed by atoms with Gasteiger partial charge in [-0.1, -0.05) is 13.8 Å². The molecule has 0 aromatic heterocycles. The number of guanidine groups is 1. The SMILES string of the molecule is CC(C)C[C@H](NC(=O)[C@H](C)N)C(=O)N[C@@H](CC(=O)O)C(=O)N[C@@H](CCCNC(=N)N)C(=O)O. The van der Waals surface area contributed by atoms with E-state index < -0.39 is 60.2 Å². The van der Waals surface area contributed by atoms with Crippen molar-refractivity contribution in [2.45, 2.75) is 70.6 Å². The largest absolute Gasteiger partial charge is 0.481 e. The Hall–Kier alpha value is -3.42. The lowest BCUT2D eigenvalue weighted by Crippen LogP contribution is -2.57. The van der Waals surface area contributed by atoms with Crippen LogP contribution in [-0.2, 0) is 24.0 Å². The first-order chi connectivity index (χ1) is 15.2. The fourth-order valence-corrected chi connectivity index (χ4v) is 2.72. The predicted octanol–water partition coefficient (Wildman–Crippen LogP) is -2.34. The van der Waals surface area contributed by atoms with Crippen molar-refractivity contribution in [1.82, 2.24) is 21.3 Å². The maximum atomic E-state index is 12.7. The fourth-order valence-electron chi connectivity index (χ4n) is 2.72. The Morgan fingerprint density at radius 1 is 0.879 bits per heavy atom. The predicted molar refractivity (Wildman–Crippen MR) is 118 cm³/mol. The molecule has 0 spiro atoms. The van der Waals surface area contributed by atoms with Gasteiger partial charge < -0.3 is 42.9 Å². The van der Waals surface area contributed by atoms with Crippen LogP contribution in [0.4, 0.5) is 0 Å². The van der Waals surface area contributed by atoms with Gasteiger partial charge in [-0.3, -0.25) is 24.6 Å². The minimum Gasteiger partial charge on any atom is -0.481 e. The summed E-state index contributed by atoms with van der Waals surface area (Å²) in [5.41, 5.74) is 10.7. The highest BCUT2D eigenvalue weighted by atomic mass is 16.4. The molecular formula is C19H35N7O7. The number of aliphatic carboxylic acids is 2. The third kappa shape index (κ3) is 12.9. The number of amides is 3. The van der Waals surface area contributed by atoms with Crippen molar-refractivity contribution in [3.05, 3.63) is 0 Å². The van der Waals surface area contributed by atoms with Crippen molar-refractivity contribution in [2.75, 3.05) is 6.54 Å². The topological polar surface area (TPSA) is 250 Å². The van der Waals surface area contributed by atoms with Crippen LogP contribution < -0.4 is 32.7 Å². The highest BCUT2D eigenvalue weighted by Crippen LogP contribution is 2.07. The van der Waals surface area contributed by atoms with Crippen LogP contribution in [0.25, 0.3) is 0 Å². The number of nitrogens with two attached hydrogens (primary N) is 2. The fraction of sp³-hybridized carbons (Fsp3) is 0.684. The molecule has 14 heteroatoms. The van der Waals surface area contributed by atoms with Crippen molar-refractivity contribution >= 4 is 35.6 Å². The second-order valence-electron chi connectivity index (χ2n) is 8.02. The number of carboxylic acids is 2. The van der Waals surface area contributed by atoms with E-state index >= 15 is 0 Å². The van der Waals surface area contributed by atoms with Crippen LogP contribution in [0.3, 0.4) is 0 Å². The number of carbonyl (C=O) groups excluding carboxylic acids is 3. The van der Waals surface area contributed by atoms with Crippen molar-refractivity contribution in [3.8, 4) is 0 Å². The van der Waals surface area contributed by atoms with E-state index in [2.05, 4.69) is 21.3 Å². The Morgan fingerprint density at radius 3 is 1.85 bits per heavy atom. The number of carbonyl (C=O) groups is 5. The number of hydrogen-bond donors (Lipinski definition) is 9. The number of hydrogen-bond acceptors (Lipinski definition) is 7. The van der Waals surface area contributed by atoms with E-state index in [-0.39, 0.29) is 37.7 Å². The minimum absolute atomic E-state index is 0.0270. The van der Waals surface area contributed by atoms with Gasteiger partial charge in [0.25, 0.3) is 0 Å². The highest BCUT2D eigenvalue weighted by molar-refractivity contribution is 5.95. The van der Waals surface area contributed by atoms with Crippen LogP contribution in [0.5, 0.6) is 0 Å². The maximum Gasteiger partial charge on any atom is 0.326 e. The highest BCUT2D eigenvalue weighted by Gasteiger charge is 2.31. The zero-order valence-electron chi connectivity index (χ0n) is 19.0. The van der Waals surface area contributed by atoms with E-state index in [9.17, 15) is 29.1 Å². The summed E-state index contributed by atoms with van der Waals surface area (Å²) in [6.07, 6.45) is -0.389. The molecule has 0 aromatic carbocycles. The first-order valence-corrected chi connectivity index (χ1v) is 10.4. The molecule has 0 rings (SSSR count). The summed E-state index contributed by atoms with van der Waals surface area (Å²) in [4.78, 5) is 60.0. The van der Waals surface area contributed by atoms with E-state index in [1.54, 1.807) is 13.8 Å². The normalized spacial score (nSPS) is 14.3. The molecular weight excluding hydrogens is 438 g/mol. The van der Waals surface area contributed by atoms with Gasteiger partial charge in [0.05, 0.1) is 12.5 Å². The van der Waals surface area contributed by atoms with Crippen LogP contribution in [-0.4, -0.2) is 76.5 Å². The maximum absolute atomic E-state index is 12.7. The Labute approximate surface area is 191 Å². The molecule has 0 bridgehead atoms. The molecule has 14 nitrogen and oxygen atoms in total. The summed E-state index contributed by atoms with van der Waals surface area (Å²) in [6.45, 7) is 5.23. The van der Waals surface area contributed by atoms with Gasteiger partial charge in [0.2, 0.25) is 17.7 Å². The van der Waals surface area contributed by atoms with Gasteiger partial charge in [0.15, 0.2) is 5.96 Å². The number of rotatable bonds is 15. The van der Waals surface area contributed by atoms with E-state index in [4.69, 9.17) is 22.0 Å². The first-order valence-electron chi connectivity index (χ1n) is 10.4. The molecule has 4 atom stereocenters. The molecule has 0 unspecified atom stereocenters. The quantitative estimate of drug-likeness (QED) is 0.0695. The molecule has 0 aliphatic rings. The van der Waals surface area contributed by atoms with Crippen LogP contribution >= 0.6 is 0 Å². The molecule has 0 aromatic rings. The molecule has 0 saturated heterocycles. The van der Waals surface area contributed by atoms with Gasteiger partial charge in [-0.2, -0.15) is 0 Å². The van der Waals surface area contributed by atoms with Crippen LogP contribution in [0, 0.1) is 11.3 Å². The van der Waals surface area contributed by atoms with E-state index in [1.807, 2.05) is 0 Å². The van der Waals surface area contributed by atoms with Crippen molar-refractivity contribution < 1.29 is 34.2 Å². The first kappa shape index (κ1) is 29.6. The average Bonchev–Trinajstić information content (AvgIpc) is 2.67. The average molecular weight is 474 g/mol. The molecule has 0 aliphatic carbocycles. The molecule has 0 heterocycles. The lowest BCUT2D eigenvalue weighted by Gasteiger charge is -2.25. The minimum atomic E-state index is -1.57. The van der Waals surface area contributed by atoms with Crippen LogP contribution in [0.2, 0.25) is 0 Å². The molecule has 0 radical (unpaired) electrons. The van der Waals surface area contributed by atoms with E-state index in [1.165, 1.54) is 6.92 Å². The van der Waals surface area contributed by atoms with Crippen molar-refractivity contribution in [2.24, 2.45) is 17.4 Å². The van der Waals surface area contributed by atoms with Gasteiger partial charge in [-0.15, -0.1) is 0 Å². The molecule has 188 valence electrons. The molecule has 33 heavy (non-hydrogen) atoms. The summed E-state index contributed by atoms with van der Waals surface area (Å²) in [6, 6.07) is -4.89. The summed E-state index contributed by atoms with van der Waals surface area (Å²) in [5, 5.41) is 35.0. The molecule has 0 saturated carbocycles. The summed E-state index contributed by atoms with van der Waals surface area (Å²) in [5.74, 6) is -5.46. The molecule has 11 N–H and O–H groups in total.